The van der Waals surface area contributed by atoms with Gasteiger partial charge in [-0.25, -0.2) is 4.98 Å². The average molecular weight is 284 g/mol. The Bertz CT molecular complexity index is 664. The summed E-state index contributed by atoms with van der Waals surface area (Å²) in [5, 5.41) is 3.40. The molecule has 3 rings (SSSR count). The number of benzene rings is 1. The maximum Gasteiger partial charge on any atom is 0.203 e. The van der Waals surface area contributed by atoms with E-state index in [0.717, 1.165) is 35.9 Å². The lowest BCUT2D eigenvalue weighted by molar-refractivity contribution is 0.527. The summed E-state index contributed by atoms with van der Waals surface area (Å²) >= 11 is 0. The van der Waals surface area contributed by atoms with E-state index >= 15 is 0 Å². The van der Waals surface area contributed by atoms with Gasteiger partial charge >= 0.3 is 0 Å². The number of hydrogen-bond donors (Lipinski definition) is 2. The Morgan fingerprint density at radius 1 is 1.33 bits per heavy atom. The normalized spacial score (nSPS) is 18.2. The number of imidazole rings is 1. The standard InChI is InChI=1S/C17H24N4/c1-11-5-6-12(9-13(11)18)14-7-8-19-16-20-15(10-21(14)16)17(2,3)4/h5-6,9-10,14H,7-8,18H2,1-4H3,(H,19,20). The SMILES string of the molecule is Cc1ccc(C2CCNc3nc(C(C)(C)C)cn32)cc1N. The van der Waals surface area contributed by atoms with Gasteiger partial charge in [0.05, 0.1) is 11.7 Å². The molecule has 1 aliphatic heterocycles. The molecule has 0 saturated heterocycles. The number of nitrogens with one attached hydrogen (secondary N) is 1. The van der Waals surface area contributed by atoms with E-state index in [4.69, 9.17) is 10.7 Å². The molecule has 112 valence electrons. The van der Waals surface area contributed by atoms with Crippen LogP contribution in [0.5, 0.6) is 0 Å². The van der Waals surface area contributed by atoms with Gasteiger partial charge < -0.3 is 15.6 Å². The summed E-state index contributed by atoms with van der Waals surface area (Å²) in [4.78, 5) is 4.76. The van der Waals surface area contributed by atoms with E-state index in [1.807, 2.05) is 6.92 Å². The quantitative estimate of drug-likeness (QED) is 0.788. The molecule has 1 aromatic carbocycles. The van der Waals surface area contributed by atoms with Crippen LogP contribution in [0.2, 0.25) is 0 Å². The van der Waals surface area contributed by atoms with Crippen LogP contribution >= 0.6 is 0 Å². The molecule has 0 radical (unpaired) electrons. The molecule has 0 saturated carbocycles. The van der Waals surface area contributed by atoms with Crippen molar-refractivity contribution in [3.63, 3.8) is 0 Å². The van der Waals surface area contributed by atoms with Gasteiger partial charge in [-0.15, -0.1) is 0 Å². The topological polar surface area (TPSA) is 55.9 Å². The Morgan fingerprint density at radius 2 is 2.10 bits per heavy atom. The van der Waals surface area contributed by atoms with Gasteiger partial charge in [-0.3, -0.25) is 0 Å². The second-order valence-corrected chi connectivity index (χ2v) is 6.95. The van der Waals surface area contributed by atoms with Crippen molar-refractivity contribution in [1.82, 2.24) is 9.55 Å². The van der Waals surface area contributed by atoms with E-state index < -0.39 is 0 Å². The number of hydrogen-bond acceptors (Lipinski definition) is 3. The zero-order chi connectivity index (χ0) is 15.2. The van der Waals surface area contributed by atoms with Gasteiger partial charge in [-0.05, 0) is 30.5 Å². The van der Waals surface area contributed by atoms with Crippen molar-refractivity contribution in [3.8, 4) is 0 Å². The van der Waals surface area contributed by atoms with Gasteiger partial charge in [0.15, 0.2) is 0 Å². The predicted octanol–water partition coefficient (Wildman–Crippen LogP) is 3.48. The molecule has 0 amide bonds. The second kappa shape index (κ2) is 4.79. The minimum absolute atomic E-state index is 0.0584. The van der Waals surface area contributed by atoms with E-state index in [2.05, 4.69) is 55.1 Å². The van der Waals surface area contributed by atoms with Gasteiger partial charge in [0, 0.05) is 23.8 Å². The highest BCUT2D eigenvalue weighted by Crippen LogP contribution is 2.33. The van der Waals surface area contributed by atoms with Crippen LogP contribution in [0.3, 0.4) is 0 Å². The van der Waals surface area contributed by atoms with Gasteiger partial charge in [0.25, 0.3) is 0 Å². The van der Waals surface area contributed by atoms with Gasteiger partial charge in [0.2, 0.25) is 5.95 Å². The number of fused-ring (bicyclic) bond motifs is 1. The highest BCUT2D eigenvalue weighted by molar-refractivity contribution is 5.50. The van der Waals surface area contributed by atoms with Crippen molar-refractivity contribution in [3.05, 3.63) is 41.2 Å². The fraction of sp³-hybridized carbons (Fsp3) is 0.471. The third-order valence-electron chi connectivity index (χ3n) is 4.23. The largest absolute Gasteiger partial charge is 0.399 e. The molecular weight excluding hydrogens is 260 g/mol. The van der Waals surface area contributed by atoms with E-state index in [0.29, 0.717) is 6.04 Å². The third-order valence-corrected chi connectivity index (χ3v) is 4.23. The lowest BCUT2D eigenvalue weighted by atomic mass is 9.93. The molecular formula is C17H24N4. The van der Waals surface area contributed by atoms with E-state index in [-0.39, 0.29) is 5.41 Å². The maximum atomic E-state index is 6.08. The monoisotopic (exact) mass is 284 g/mol. The molecule has 2 heterocycles. The maximum absolute atomic E-state index is 6.08. The highest BCUT2D eigenvalue weighted by Gasteiger charge is 2.26. The zero-order valence-electron chi connectivity index (χ0n) is 13.3. The fourth-order valence-electron chi connectivity index (χ4n) is 2.78. The van der Waals surface area contributed by atoms with Crippen LogP contribution in [-0.2, 0) is 5.41 Å². The van der Waals surface area contributed by atoms with E-state index in [1.54, 1.807) is 0 Å². The van der Waals surface area contributed by atoms with E-state index in [9.17, 15) is 0 Å². The van der Waals surface area contributed by atoms with Crippen LogP contribution in [0, 0.1) is 6.92 Å². The third kappa shape index (κ3) is 2.50. The summed E-state index contributed by atoms with van der Waals surface area (Å²) in [5.74, 6) is 0.968. The van der Waals surface area contributed by atoms with Gasteiger partial charge in [-0.1, -0.05) is 32.9 Å². The summed E-state index contributed by atoms with van der Waals surface area (Å²) < 4.78 is 2.26. The molecule has 0 spiro atoms. The van der Waals surface area contributed by atoms with Crippen molar-refractivity contribution in [2.45, 2.75) is 45.6 Å². The van der Waals surface area contributed by atoms with Crippen molar-refractivity contribution in [2.24, 2.45) is 0 Å². The number of nitrogens with two attached hydrogens (primary N) is 1. The number of nitrogen functional groups attached to an aromatic ring is 1. The molecule has 4 nitrogen and oxygen atoms in total. The smallest absolute Gasteiger partial charge is 0.203 e. The molecule has 0 aliphatic carbocycles. The van der Waals surface area contributed by atoms with Gasteiger partial charge in [0.1, 0.15) is 0 Å². The molecule has 0 bridgehead atoms. The summed E-state index contributed by atoms with van der Waals surface area (Å²) in [6.45, 7) is 9.57. The van der Waals surface area contributed by atoms with Crippen LogP contribution < -0.4 is 11.1 Å². The first-order valence-corrected chi connectivity index (χ1v) is 7.55. The number of nitrogens with zero attached hydrogens (tertiary/aromatic N) is 2. The summed E-state index contributed by atoms with van der Waals surface area (Å²) in [6, 6.07) is 6.70. The van der Waals surface area contributed by atoms with Crippen LogP contribution in [0.4, 0.5) is 11.6 Å². The van der Waals surface area contributed by atoms with Crippen LogP contribution in [0.1, 0.15) is 50.1 Å². The number of rotatable bonds is 1. The Labute approximate surface area is 126 Å². The summed E-state index contributed by atoms with van der Waals surface area (Å²) in [6.07, 6.45) is 3.23. The molecule has 1 aromatic heterocycles. The minimum Gasteiger partial charge on any atom is -0.399 e. The first kappa shape index (κ1) is 14.0. The van der Waals surface area contributed by atoms with Crippen molar-refractivity contribution < 1.29 is 0 Å². The van der Waals surface area contributed by atoms with Gasteiger partial charge in [-0.2, -0.15) is 0 Å². The van der Waals surface area contributed by atoms with Crippen molar-refractivity contribution in [1.29, 1.82) is 0 Å². The first-order valence-electron chi connectivity index (χ1n) is 7.55. The first-order chi connectivity index (χ1) is 9.86. The lowest BCUT2D eigenvalue weighted by Gasteiger charge is -2.26. The molecule has 0 fully saturated rings. The zero-order valence-corrected chi connectivity index (χ0v) is 13.3. The Kier molecular flexibility index (Phi) is 3.19. The van der Waals surface area contributed by atoms with E-state index in [1.165, 1.54) is 5.56 Å². The second-order valence-electron chi connectivity index (χ2n) is 6.95. The van der Waals surface area contributed by atoms with Crippen LogP contribution in [-0.4, -0.2) is 16.1 Å². The summed E-state index contributed by atoms with van der Waals surface area (Å²) in [5.41, 5.74) is 10.5. The lowest BCUT2D eigenvalue weighted by Crippen LogP contribution is -2.23. The van der Waals surface area contributed by atoms with Crippen LogP contribution in [0.25, 0.3) is 0 Å². The molecule has 3 N–H and O–H groups in total. The summed E-state index contributed by atoms with van der Waals surface area (Å²) in [7, 11) is 0. The van der Waals surface area contributed by atoms with Crippen molar-refractivity contribution >= 4 is 11.6 Å². The van der Waals surface area contributed by atoms with Crippen LogP contribution in [0.15, 0.2) is 24.4 Å². The predicted molar refractivity (Wildman–Crippen MR) is 87.8 cm³/mol. The Morgan fingerprint density at radius 3 is 2.76 bits per heavy atom. The Balaban J connectivity index is 2.03. The number of anilines is 2. The average Bonchev–Trinajstić information content (AvgIpc) is 2.86. The number of aromatic nitrogens is 2. The molecule has 4 heteroatoms. The fourth-order valence-corrected chi connectivity index (χ4v) is 2.78. The molecule has 21 heavy (non-hydrogen) atoms. The molecule has 1 atom stereocenters. The Hall–Kier alpha value is -1.97. The molecule has 1 aliphatic rings. The minimum atomic E-state index is 0.0584. The van der Waals surface area contributed by atoms with Crippen molar-refractivity contribution in [2.75, 3.05) is 17.6 Å². The molecule has 1 unspecified atom stereocenters. The number of aryl methyl sites for hydroxylation is 1. The molecule has 2 aromatic rings. The highest BCUT2D eigenvalue weighted by atomic mass is 15.2.